The number of hydrogen-bond acceptors (Lipinski definition) is 4. The summed E-state index contributed by atoms with van der Waals surface area (Å²) < 4.78 is 45.8. The fourth-order valence-corrected chi connectivity index (χ4v) is 3.16. The smallest absolute Gasteiger partial charge is 0.416 e. The maximum absolute atomic E-state index is 12.8. The number of halogens is 4. The number of nitrogens with one attached hydrogen (secondary N) is 1. The average molecular weight is 473 g/mol. The highest BCUT2D eigenvalue weighted by Crippen LogP contribution is 2.34. The topological polar surface area (TPSA) is 69.0 Å². The molecule has 4 rings (SSSR count). The van der Waals surface area contributed by atoms with Gasteiger partial charge >= 0.3 is 6.18 Å². The van der Waals surface area contributed by atoms with E-state index >= 15 is 0 Å². The SMILES string of the molecule is Cn1ccc(-c2cc(C(=O)Nc3ccccc3Cl)cnc2Oc2ccc(C(F)(F)F)cc2)n1. The third-order valence-electron chi connectivity index (χ3n) is 4.62. The molecule has 10 heteroatoms. The number of aromatic nitrogens is 3. The number of aryl methyl sites for hydroxylation is 1. The molecular formula is C23H16ClF3N4O2. The number of amides is 1. The molecule has 6 nitrogen and oxygen atoms in total. The van der Waals surface area contributed by atoms with Gasteiger partial charge in [0.25, 0.3) is 5.91 Å². The molecule has 0 unspecified atom stereocenters. The number of rotatable bonds is 5. The summed E-state index contributed by atoms with van der Waals surface area (Å²) in [6, 6.07) is 14.3. The van der Waals surface area contributed by atoms with Gasteiger partial charge < -0.3 is 10.1 Å². The minimum atomic E-state index is -4.45. The molecule has 0 aliphatic heterocycles. The summed E-state index contributed by atoms with van der Waals surface area (Å²) >= 11 is 6.11. The van der Waals surface area contributed by atoms with E-state index in [1.807, 2.05) is 0 Å². The molecule has 0 atom stereocenters. The molecule has 168 valence electrons. The van der Waals surface area contributed by atoms with Crippen molar-refractivity contribution in [1.29, 1.82) is 0 Å². The van der Waals surface area contributed by atoms with Crippen molar-refractivity contribution in [2.45, 2.75) is 6.18 Å². The van der Waals surface area contributed by atoms with Crippen LogP contribution < -0.4 is 10.1 Å². The Morgan fingerprint density at radius 1 is 1.09 bits per heavy atom. The van der Waals surface area contributed by atoms with Gasteiger partial charge in [0.1, 0.15) is 5.75 Å². The number of pyridine rings is 1. The lowest BCUT2D eigenvalue weighted by Crippen LogP contribution is -2.13. The van der Waals surface area contributed by atoms with Crippen LogP contribution in [-0.2, 0) is 13.2 Å². The minimum Gasteiger partial charge on any atom is -0.438 e. The van der Waals surface area contributed by atoms with Gasteiger partial charge in [-0.15, -0.1) is 0 Å². The first kappa shape index (κ1) is 22.3. The van der Waals surface area contributed by atoms with Crippen LogP contribution in [0.5, 0.6) is 11.6 Å². The van der Waals surface area contributed by atoms with Crippen LogP contribution in [0, 0.1) is 0 Å². The van der Waals surface area contributed by atoms with Crippen molar-refractivity contribution in [2.75, 3.05) is 5.32 Å². The van der Waals surface area contributed by atoms with Crippen LogP contribution in [0.4, 0.5) is 18.9 Å². The number of carbonyl (C=O) groups excluding carboxylic acids is 1. The lowest BCUT2D eigenvalue weighted by atomic mass is 10.1. The number of ether oxygens (including phenoxy) is 1. The molecule has 4 aromatic rings. The number of nitrogens with zero attached hydrogens (tertiary/aromatic N) is 3. The first-order valence-electron chi connectivity index (χ1n) is 9.62. The second-order valence-corrected chi connectivity index (χ2v) is 7.42. The normalized spacial score (nSPS) is 11.3. The maximum Gasteiger partial charge on any atom is 0.416 e. The maximum atomic E-state index is 12.8. The molecule has 0 aliphatic rings. The fourth-order valence-electron chi connectivity index (χ4n) is 2.98. The molecule has 1 amide bonds. The van der Waals surface area contributed by atoms with Crippen molar-refractivity contribution >= 4 is 23.2 Å². The lowest BCUT2D eigenvalue weighted by Gasteiger charge is -2.12. The Labute approximate surface area is 191 Å². The Hall–Kier alpha value is -3.85. The highest BCUT2D eigenvalue weighted by atomic mass is 35.5. The Bertz CT molecular complexity index is 1300. The van der Waals surface area contributed by atoms with Crippen molar-refractivity contribution in [3.63, 3.8) is 0 Å². The van der Waals surface area contributed by atoms with Crippen LogP contribution in [0.15, 0.2) is 73.1 Å². The molecular weight excluding hydrogens is 457 g/mol. The van der Waals surface area contributed by atoms with Crippen LogP contribution in [0.1, 0.15) is 15.9 Å². The summed E-state index contributed by atoms with van der Waals surface area (Å²) in [6.07, 6.45) is -1.45. The minimum absolute atomic E-state index is 0.0859. The zero-order valence-electron chi connectivity index (χ0n) is 17.1. The Balaban J connectivity index is 1.66. The van der Waals surface area contributed by atoms with Gasteiger partial charge in [0, 0.05) is 19.4 Å². The van der Waals surface area contributed by atoms with E-state index in [9.17, 15) is 18.0 Å². The number of anilines is 1. The van der Waals surface area contributed by atoms with Gasteiger partial charge in [-0.1, -0.05) is 23.7 Å². The molecule has 2 aromatic carbocycles. The highest BCUT2D eigenvalue weighted by molar-refractivity contribution is 6.33. The van der Waals surface area contributed by atoms with Crippen LogP contribution in [0.25, 0.3) is 11.3 Å². The standard InChI is InChI=1S/C23H16ClF3N4O2/c1-31-11-10-19(30-31)17-12-14(21(32)29-20-5-3-2-4-18(20)24)13-28-22(17)33-16-8-6-15(7-9-16)23(25,26)27/h2-13H,1H3,(H,29,32). The zero-order chi connectivity index (χ0) is 23.6. The molecule has 1 N–H and O–H groups in total. The van der Waals surface area contributed by atoms with Gasteiger partial charge in [0.05, 0.1) is 33.1 Å². The third-order valence-corrected chi connectivity index (χ3v) is 4.95. The number of benzene rings is 2. The molecule has 0 fully saturated rings. The fraction of sp³-hybridized carbons (Fsp3) is 0.0870. The predicted molar refractivity (Wildman–Crippen MR) is 117 cm³/mol. The first-order valence-corrected chi connectivity index (χ1v) is 9.99. The summed E-state index contributed by atoms with van der Waals surface area (Å²) in [5, 5.41) is 7.42. The Kier molecular flexibility index (Phi) is 6.06. The van der Waals surface area contributed by atoms with E-state index < -0.39 is 17.6 Å². The Morgan fingerprint density at radius 2 is 1.82 bits per heavy atom. The van der Waals surface area contributed by atoms with Crippen LogP contribution >= 0.6 is 11.6 Å². The Morgan fingerprint density at radius 3 is 2.45 bits per heavy atom. The molecule has 0 radical (unpaired) electrons. The van der Waals surface area contributed by atoms with Gasteiger partial charge in [-0.25, -0.2) is 4.98 Å². The van der Waals surface area contributed by atoms with E-state index in [2.05, 4.69) is 15.4 Å². The van der Waals surface area contributed by atoms with Crippen LogP contribution in [-0.4, -0.2) is 20.7 Å². The van der Waals surface area contributed by atoms with E-state index in [-0.39, 0.29) is 17.2 Å². The largest absolute Gasteiger partial charge is 0.438 e. The number of para-hydroxylation sites is 1. The summed E-state index contributed by atoms with van der Waals surface area (Å²) in [6.45, 7) is 0. The predicted octanol–water partition coefficient (Wildman–Crippen LogP) is 6.20. The zero-order valence-corrected chi connectivity index (χ0v) is 17.9. The van der Waals surface area contributed by atoms with Crippen molar-refractivity contribution in [2.24, 2.45) is 7.05 Å². The summed E-state index contributed by atoms with van der Waals surface area (Å²) in [4.78, 5) is 17.0. The van der Waals surface area contributed by atoms with Crippen LogP contribution in [0.2, 0.25) is 5.02 Å². The quantitative estimate of drug-likeness (QED) is 0.375. The van der Waals surface area contributed by atoms with Crippen molar-refractivity contribution in [1.82, 2.24) is 14.8 Å². The van der Waals surface area contributed by atoms with Gasteiger partial charge in [0.15, 0.2) is 0 Å². The lowest BCUT2D eigenvalue weighted by molar-refractivity contribution is -0.137. The number of carbonyl (C=O) groups is 1. The summed E-state index contributed by atoms with van der Waals surface area (Å²) in [7, 11) is 1.72. The van der Waals surface area contributed by atoms with Gasteiger partial charge in [-0.05, 0) is 48.5 Å². The first-order chi connectivity index (χ1) is 15.7. The summed E-state index contributed by atoms with van der Waals surface area (Å²) in [5.74, 6) is -0.211. The van der Waals surface area contributed by atoms with Crippen LogP contribution in [0.3, 0.4) is 0 Å². The average Bonchev–Trinajstić information content (AvgIpc) is 3.21. The van der Waals surface area contributed by atoms with Gasteiger partial charge in [0.2, 0.25) is 5.88 Å². The van der Waals surface area contributed by atoms with E-state index in [4.69, 9.17) is 16.3 Å². The number of alkyl halides is 3. The molecule has 0 saturated carbocycles. The molecule has 0 bridgehead atoms. The van der Waals surface area contributed by atoms with Gasteiger partial charge in [-0.2, -0.15) is 18.3 Å². The van der Waals surface area contributed by atoms with E-state index in [0.717, 1.165) is 12.1 Å². The molecule has 33 heavy (non-hydrogen) atoms. The van der Waals surface area contributed by atoms with E-state index in [1.165, 1.54) is 18.3 Å². The monoisotopic (exact) mass is 472 g/mol. The summed E-state index contributed by atoms with van der Waals surface area (Å²) in [5.41, 5.74) is 0.727. The molecule has 0 aliphatic carbocycles. The van der Waals surface area contributed by atoms with Crippen molar-refractivity contribution in [3.05, 3.63) is 89.2 Å². The highest BCUT2D eigenvalue weighted by Gasteiger charge is 2.30. The molecule has 0 spiro atoms. The second-order valence-electron chi connectivity index (χ2n) is 7.01. The van der Waals surface area contributed by atoms with Crippen molar-refractivity contribution in [3.8, 4) is 22.9 Å². The van der Waals surface area contributed by atoms with E-state index in [0.29, 0.717) is 22.0 Å². The van der Waals surface area contributed by atoms with E-state index in [1.54, 1.807) is 54.3 Å². The third kappa shape index (κ3) is 5.15. The molecule has 0 saturated heterocycles. The van der Waals surface area contributed by atoms with Crippen molar-refractivity contribution < 1.29 is 22.7 Å². The number of hydrogen-bond donors (Lipinski definition) is 1. The molecule has 2 heterocycles. The second kappa shape index (κ2) is 8.95. The van der Waals surface area contributed by atoms with Gasteiger partial charge in [-0.3, -0.25) is 9.48 Å². The molecule has 2 aromatic heterocycles.